The molecule has 0 aliphatic carbocycles. The van der Waals surface area contributed by atoms with Gasteiger partial charge in [-0.3, -0.25) is 0 Å². The van der Waals surface area contributed by atoms with Gasteiger partial charge in [0.15, 0.2) is 0 Å². The molecule has 0 saturated heterocycles. The summed E-state index contributed by atoms with van der Waals surface area (Å²) in [5.41, 5.74) is 5.63. The van der Waals surface area contributed by atoms with E-state index >= 15 is 0 Å². The van der Waals surface area contributed by atoms with Crippen LogP contribution in [0, 0.1) is 12.8 Å². The van der Waals surface area contributed by atoms with Gasteiger partial charge in [-0.25, -0.2) is 0 Å². The van der Waals surface area contributed by atoms with Crippen molar-refractivity contribution in [3.8, 4) is 11.3 Å². The lowest BCUT2D eigenvalue weighted by Gasteiger charge is -2.05. The summed E-state index contributed by atoms with van der Waals surface area (Å²) in [6.07, 6.45) is 1.12. The number of nitrogens with one attached hydrogen (secondary N) is 1. The van der Waals surface area contributed by atoms with E-state index in [0.29, 0.717) is 5.92 Å². The number of aliphatic hydroxyl groups excluding tert-OH is 1. The van der Waals surface area contributed by atoms with Gasteiger partial charge in [-0.2, -0.15) is 0 Å². The Kier molecular flexibility index (Phi) is 3.87. The summed E-state index contributed by atoms with van der Waals surface area (Å²) < 4.78 is 0. The molecule has 1 aromatic heterocycles. The Morgan fingerprint density at radius 2 is 1.83 bits per heavy atom. The third kappa shape index (κ3) is 2.82. The SMILES string of the molecule is Cc1[nH]c(-c2ccc(CC(C)C)cc2)cc1CO. The minimum Gasteiger partial charge on any atom is -0.392 e. The maximum atomic E-state index is 9.20. The van der Waals surface area contributed by atoms with Gasteiger partial charge >= 0.3 is 0 Å². The predicted molar refractivity (Wildman–Crippen MR) is 75.4 cm³/mol. The minimum atomic E-state index is 0.0910. The Balaban J connectivity index is 2.22. The zero-order chi connectivity index (χ0) is 13.1. The van der Waals surface area contributed by atoms with Crippen molar-refractivity contribution in [2.75, 3.05) is 0 Å². The topological polar surface area (TPSA) is 36.0 Å². The van der Waals surface area contributed by atoms with E-state index in [1.54, 1.807) is 0 Å². The molecule has 0 fully saturated rings. The third-order valence-electron chi connectivity index (χ3n) is 3.20. The molecular weight excluding hydrogens is 222 g/mol. The van der Waals surface area contributed by atoms with Crippen LogP contribution in [0.5, 0.6) is 0 Å². The number of H-pyrrole nitrogens is 1. The van der Waals surface area contributed by atoms with Crippen molar-refractivity contribution >= 4 is 0 Å². The lowest BCUT2D eigenvalue weighted by molar-refractivity contribution is 0.281. The highest BCUT2D eigenvalue weighted by Gasteiger charge is 2.06. The molecule has 2 heteroatoms. The zero-order valence-corrected chi connectivity index (χ0v) is 11.3. The summed E-state index contributed by atoms with van der Waals surface area (Å²) in [5, 5.41) is 9.20. The minimum absolute atomic E-state index is 0.0910. The first-order valence-electron chi connectivity index (χ1n) is 6.49. The van der Waals surface area contributed by atoms with Crippen molar-refractivity contribution < 1.29 is 5.11 Å². The molecule has 0 atom stereocenters. The van der Waals surface area contributed by atoms with Gasteiger partial charge < -0.3 is 10.1 Å². The predicted octanol–water partition coefficient (Wildman–Crippen LogP) is 3.68. The average molecular weight is 243 g/mol. The molecule has 0 unspecified atom stereocenters. The molecule has 2 rings (SSSR count). The van der Waals surface area contributed by atoms with E-state index in [-0.39, 0.29) is 6.61 Å². The van der Waals surface area contributed by atoms with Gasteiger partial charge in [0.2, 0.25) is 0 Å². The smallest absolute Gasteiger partial charge is 0.0699 e. The van der Waals surface area contributed by atoms with Crippen LogP contribution in [0.3, 0.4) is 0 Å². The molecule has 1 heterocycles. The third-order valence-corrected chi connectivity index (χ3v) is 3.20. The van der Waals surface area contributed by atoms with E-state index in [4.69, 9.17) is 0 Å². The van der Waals surface area contributed by atoms with E-state index in [9.17, 15) is 5.11 Å². The van der Waals surface area contributed by atoms with Gasteiger partial charge in [0, 0.05) is 11.4 Å². The molecule has 0 spiro atoms. The van der Waals surface area contributed by atoms with Gasteiger partial charge in [-0.05, 0) is 42.0 Å². The molecule has 1 aromatic carbocycles. The lowest BCUT2D eigenvalue weighted by atomic mass is 10.0. The van der Waals surface area contributed by atoms with Gasteiger partial charge in [0.1, 0.15) is 0 Å². The number of benzene rings is 1. The van der Waals surface area contributed by atoms with E-state index in [1.807, 2.05) is 13.0 Å². The Labute approximate surface area is 109 Å². The first kappa shape index (κ1) is 12.9. The van der Waals surface area contributed by atoms with Crippen LogP contribution < -0.4 is 0 Å². The van der Waals surface area contributed by atoms with E-state index in [2.05, 4.69) is 43.1 Å². The van der Waals surface area contributed by atoms with Crippen LogP contribution in [0.1, 0.15) is 30.7 Å². The normalized spacial score (nSPS) is 11.2. The van der Waals surface area contributed by atoms with Crippen LogP contribution in [0.15, 0.2) is 30.3 Å². The highest BCUT2D eigenvalue weighted by molar-refractivity contribution is 5.61. The van der Waals surface area contributed by atoms with Crippen LogP contribution in [-0.4, -0.2) is 10.1 Å². The van der Waals surface area contributed by atoms with Gasteiger partial charge in [-0.1, -0.05) is 38.1 Å². The fraction of sp³-hybridized carbons (Fsp3) is 0.375. The number of hydrogen-bond donors (Lipinski definition) is 2. The van der Waals surface area contributed by atoms with Crippen molar-refractivity contribution in [1.29, 1.82) is 0 Å². The summed E-state index contributed by atoms with van der Waals surface area (Å²) in [4.78, 5) is 3.31. The second-order valence-electron chi connectivity index (χ2n) is 5.29. The highest BCUT2D eigenvalue weighted by Crippen LogP contribution is 2.22. The van der Waals surface area contributed by atoms with Crippen molar-refractivity contribution in [2.24, 2.45) is 5.92 Å². The largest absolute Gasteiger partial charge is 0.392 e. The Morgan fingerprint density at radius 3 is 2.33 bits per heavy atom. The van der Waals surface area contributed by atoms with Gasteiger partial charge in [0.25, 0.3) is 0 Å². The standard InChI is InChI=1S/C16H21NO/c1-11(2)8-13-4-6-14(7-5-13)16-9-15(10-18)12(3)17-16/h4-7,9,11,17-18H,8,10H2,1-3H3. The Bertz CT molecular complexity index is 508. The molecule has 0 amide bonds. The van der Waals surface area contributed by atoms with Crippen LogP contribution in [0.2, 0.25) is 0 Å². The molecular formula is C16H21NO. The lowest BCUT2D eigenvalue weighted by Crippen LogP contribution is -1.93. The molecule has 0 aliphatic heterocycles. The molecule has 96 valence electrons. The Morgan fingerprint density at radius 1 is 1.17 bits per heavy atom. The molecule has 2 nitrogen and oxygen atoms in total. The molecule has 2 aromatic rings. The zero-order valence-electron chi connectivity index (χ0n) is 11.3. The number of aliphatic hydroxyl groups is 1. The van der Waals surface area contributed by atoms with E-state index < -0.39 is 0 Å². The monoisotopic (exact) mass is 243 g/mol. The number of aromatic nitrogens is 1. The summed E-state index contributed by atoms with van der Waals surface area (Å²) in [6, 6.07) is 10.7. The molecule has 0 bridgehead atoms. The molecule has 0 radical (unpaired) electrons. The van der Waals surface area contributed by atoms with Crippen molar-refractivity contribution in [3.63, 3.8) is 0 Å². The quantitative estimate of drug-likeness (QED) is 0.844. The summed E-state index contributed by atoms with van der Waals surface area (Å²) in [7, 11) is 0. The average Bonchev–Trinajstić information content (AvgIpc) is 2.71. The molecule has 0 saturated carbocycles. The van der Waals surface area contributed by atoms with Crippen LogP contribution in [0.25, 0.3) is 11.3 Å². The molecule has 18 heavy (non-hydrogen) atoms. The maximum absolute atomic E-state index is 9.20. The summed E-state index contributed by atoms with van der Waals surface area (Å²) in [6.45, 7) is 6.54. The van der Waals surface area contributed by atoms with E-state index in [1.165, 1.54) is 11.1 Å². The van der Waals surface area contributed by atoms with Crippen molar-refractivity contribution in [3.05, 3.63) is 47.2 Å². The number of hydrogen-bond acceptors (Lipinski definition) is 1. The van der Waals surface area contributed by atoms with Crippen LogP contribution >= 0.6 is 0 Å². The summed E-state index contributed by atoms with van der Waals surface area (Å²) in [5.74, 6) is 0.685. The highest BCUT2D eigenvalue weighted by atomic mass is 16.3. The number of aromatic amines is 1. The number of aryl methyl sites for hydroxylation is 1. The number of rotatable bonds is 4. The van der Waals surface area contributed by atoms with Crippen molar-refractivity contribution in [1.82, 2.24) is 4.98 Å². The summed E-state index contributed by atoms with van der Waals surface area (Å²) >= 11 is 0. The van der Waals surface area contributed by atoms with Crippen LogP contribution in [-0.2, 0) is 13.0 Å². The van der Waals surface area contributed by atoms with Gasteiger partial charge in [0.05, 0.1) is 6.61 Å². The second kappa shape index (κ2) is 5.40. The van der Waals surface area contributed by atoms with Crippen LogP contribution in [0.4, 0.5) is 0 Å². The first-order chi connectivity index (χ1) is 8.60. The maximum Gasteiger partial charge on any atom is 0.0699 e. The fourth-order valence-electron chi connectivity index (χ4n) is 2.21. The second-order valence-corrected chi connectivity index (χ2v) is 5.29. The first-order valence-corrected chi connectivity index (χ1v) is 6.49. The fourth-order valence-corrected chi connectivity index (χ4v) is 2.21. The van der Waals surface area contributed by atoms with Gasteiger partial charge in [-0.15, -0.1) is 0 Å². The molecule has 2 N–H and O–H groups in total. The van der Waals surface area contributed by atoms with Crippen molar-refractivity contribution in [2.45, 2.75) is 33.8 Å². The Hall–Kier alpha value is -1.54. The molecule has 0 aliphatic rings. The van der Waals surface area contributed by atoms with E-state index in [0.717, 1.165) is 23.4 Å².